The van der Waals surface area contributed by atoms with Gasteiger partial charge < -0.3 is 4.90 Å². The van der Waals surface area contributed by atoms with E-state index in [0.29, 0.717) is 42.6 Å². The first-order valence-corrected chi connectivity index (χ1v) is 12.1. The van der Waals surface area contributed by atoms with Crippen molar-refractivity contribution in [3.05, 3.63) is 64.7 Å². The van der Waals surface area contributed by atoms with Crippen molar-refractivity contribution in [2.75, 3.05) is 19.6 Å². The number of carbonyl (C=O) groups is 2. The summed E-state index contributed by atoms with van der Waals surface area (Å²) in [4.78, 5) is 27.2. The molecule has 6 nitrogen and oxygen atoms in total. The molecule has 2 aromatic rings. The minimum atomic E-state index is -3.68. The van der Waals surface area contributed by atoms with Crippen LogP contribution in [0.2, 0.25) is 0 Å². The normalized spacial score (nSPS) is 15.1. The van der Waals surface area contributed by atoms with Crippen LogP contribution in [0.1, 0.15) is 46.3 Å². The number of sulfonamides is 1. The summed E-state index contributed by atoms with van der Waals surface area (Å²) in [5.74, 6) is -0.0348. The average Bonchev–Trinajstić information content (AvgIpc) is 2.72. The minimum Gasteiger partial charge on any atom is -0.343 e. The number of benzene rings is 2. The van der Waals surface area contributed by atoms with E-state index in [2.05, 4.69) is 4.72 Å². The van der Waals surface area contributed by atoms with Crippen molar-refractivity contribution in [3.63, 3.8) is 0 Å². The third-order valence-corrected chi connectivity index (χ3v) is 7.55. The highest BCUT2D eigenvalue weighted by Crippen LogP contribution is 2.23. The number of nitrogens with zero attached hydrogens (tertiary/aromatic N) is 1. The molecule has 7 heteroatoms. The van der Waals surface area contributed by atoms with Crippen LogP contribution >= 0.6 is 0 Å². The van der Waals surface area contributed by atoms with Crippen LogP contribution in [-0.4, -0.2) is 44.6 Å². The summed E-state index contributed by atoms with van der Waals surface area (Å²) in [7, 11) is -3.68. The molecule has 2 aromatic carbocycles. The Morgan fingerprint density at radius 1 is 1.00 bits per heavy atom. The first-order chi connectivity index (χ1) is 14.7. The van der Waals surface area contributed by atoms with Gasteiger partial charge in [0.25, 0.3) is 0 Å². The molecule has 1 N–H and O–H groups in total. The Bertz CT molecular complexity index is 1030. The summed E-state index contributed by atoms with van der Waals surface area (Å²) in [5.41, 5.74) is 3.12. The lowest BCUT2D eigenvalue weighted by Crippen LogP contribution is -2.41. The maximum absolute atomic E-state index is 12.7. The van der Waals surface area contributed by atoms with Gasteiger partial charge in [-0.3, -0.25) is 9.59 Å². The lowest BCUT2D eigenvalue weighted by molar-refractivity contribution is -0.132. The van der Waals surface area contributed by atoms with Crippen LogP contribution in [0.5, 0.6) is 0 Å². The molecule has 0 unspecified atom stereocenters. The quantitative estimate of drug-likeness (QED) is 0.666. The van der Waals surface area contributed by atoms with Gasteiger partial charge in [-0.25, -0.2) is 13.1 Å². The lowest BCUT2D eigenvalue weighted by Gasteiger charge is -2.31. The molecule has 0 bridgehead atoms. The van der Waals surface area contributed by atoms with E-state index in [0.717, 1.165) is 5.56 Å². The largest absolute Gasteiger partial charge is 0.343 e. The maximum Gasteiger partial charge on any atom is 0.241 e. The summed E-state index contributed by atoms with van der Waals surface area (Å²) in [5, 5.41) is 0. The Labute approximate surface area is 184 Å². The monoisotopic (exact) mass is 442 g/mol. The number of likely N-dealkylation sites (tertiary alicyclic amines) is 1. The number of nitrogens with one attached hydrogen (secondary N) is 1. The number of hydrogen-bond donors (Lipinski definition) is 1. The lowest BCUT2D eigenvalue weighted by atomic mass is 9.89. The van der Waals surface area contributed by atoms with Crippen LogP contribution in [0, 0.1) is 26.7 Å². The maximum atomic E-state index is 12.7. The van der Waals surface area contributed by atoms with Crippen molar-refractivity contribution in [2.45, 2.75) is 44.9 Å². The van der Waals surface area contributed by atoms with E-state index in [4.69, 9.17) is 0 Å². The van der Waals surface area contributed by atoms with Crippen molar-refractivity contribution in [3.8, 4) is 0 Å². The Hall–Kier alpha value is -2.51. The Balaban J connectivity index is 1.50. The van der Waals surface area contributed by atoms with Crippen molar-refractivity contribution in [2.24, 2.45) is 5.92 Å². The zero-order valence-electron chi connectivity index (χ0n) is 18.3. The van der Waals surface area contributed by atoms with Gasteiger partial charge >= 0.3 is 0 Å². The fourth-order valence-electron chi connectivity index (χ4n) is 4.34. The number of rotatable bonds is 7. The fraction of sp³-hybridized carbons (Fsp3) is 0.417. The first-order valence-electron chi connectivity index (χ1n) is 10.6. The highest BCUT2D eigenvalue weighted by atomic mass is 32.2. The molecule has 1 heterocycles. The number of ketones is 1. The molecule has 0 atom stereocenters. The number of amides is 1. The van der Waals surface area contributed by atoms with Gasteiger partial charge in [0.05, 0.1) is 4.90 Å². The summed E-state index contributed by atoms with van der Waals surface area (Å²) >= 11 is 0. The number of Topliss-reactive ketones (excluding diaryl/α,β-unsaturated/α-hetero) is 1. The topological polar surface area (TPSA) is 83.6 Å². The standard InChI is InChI=1S/C24H30N2O4S/c1-17-15-18(2)24(19(3)16-17)31(29,30)25-12-9-22(27)26-13-10-21(11-14-26)23(28)20-7-5-4-6-8-20/h4-8,15-16,21,25H,9-14H2,1-3H3. The van der Waals surface area contributed by atoms with E-state index in [1.165, 1.54) is 0 Å². The Kier molecular flexibility index (Phi) is 7.28. The van der Waals surface area contributed by atoms with Gasteiger partial charge in [-0.2, -0.15) is 0 Å². The molecule has 1 saturated heterocycles. The average molecular weight is 443 g/mol. The molecule has 0 aliphatic carbocycles. The van der Waals surface area contributed by atoms with E-state index in [-0.39, 0.29) is 35.5 Å². The van der Waals surface area contributed by atoms with Gasteiger partial charge in [-0.05, 0) is 44.7 Å². The summed E-state index contributed by atoms with van der Waals surface area (Å²) in [6, 6.07) is 12.9. The molecule has 3 rings (SSSR count). The molecule has 1 fully saturated rings. The highest BCUT2D eigenvalue weighted by molar-refractivity contribution is 7.89. The Morgan fingerprint density at radius 3 is 2.16 bits per heavy atom. The number of hydrogen-bond acceptors (Lipinski definition) is 4. The van der Waals surface area contributed by atoms with Gasteiger partial charge in [-0.15, -0.1) is 0 Å². The molecule has 1 aliphatic heterocycles. The van der Waals surface area contributed by atoms with Gasteiger partial charge in [0, 0.05) is 37.5 Å². The van der Waals surface area contributed by atoms with Crippen LogP contribution in [-0.2, 0) is 14.8 Å². The summed E-state index contributed by atoms with van der Waals surface area (Å²) < 4.78 is 28.0. The number of piperidine rings is 1. The van der Waals surface area contributed by atoms with E-state index in [9.17, 15) is 18.0 Å². The van der Waals surface area contributed by atoms with Crippen LogP contribution in [0.25, 0.3) is 0 Å². The second kappa shape index (κ2) is 9.75. The van der Waals surface area contributed by atoms with E-state index in [1.807, 2.05) is 49.4 Å². The second-order valence-electron chi connectivity index (χ2n) is 8.26. The minimum absolute atomic E-state index is 0.0524. The van der Waals surface area contributed by atoms with Gasteiger partial charge in [-0.1, -0.05) is 48.0 Å². The molecular formula is C24H30N2O4S. The third kappa shape index (κ3) is 5.60. The highest BCUT2D eigenvalue weighted by Gasteiger charge is 2.28. The molecule has 0 radical (unpaired) electrons. The molecular weight excluding hydrogens is 412 g/mol. The van der Waals surface area contributed by atoms with Gasteiger partial charge in [0.1, 0.15) is 0 Å². The first kappa shape index (κ1) is 23.2. The zero-order chi connectivity index (χ0) is 22.6. The Morgan fingerprint density at radius 2 is 1.58 bits per heavy atom. The zero-order valence-corrected chi connectivity index (χ0v) is 19.2. The van der Waals surface area contributed by atoms with Crippen molar-refractivity contribution >= 4 is 21.7 Å². The summed E-state index contributed by atoms with van der Waals surface area (Å²) in [6.07, 6.45) is 1.36. The summed E-state index contributed by atoms with van der Waals surface area (Å²) in [6.45, 7) is 6.58. The molecule has 1 amide bonds. The molecule has 1 aliphatic rings. The molecule has 166 valence electrons. The van der Waals surface area contributed by atoms with Crippen molar-refractivity contribution in [1.82, 2.24) is 9.62 Å². The van der Waals surface area contributed by atoms with Crippen LogP contribution in [0.15, 0.2) is 47.4 Å². The van der Waals surface area contributed by atoms with E-state index < -0.39 is 10.0 Å². The fourth-order valence-corrected chi connectivity index (χ4v) is 5.82. The van der Waals surface area contributed by atoms with E-state index >= 15 is 0 Å². The van der Waals surface area contributed by atoms with Crippen LogP contribution < -0.4 is 4.72 Å². The third-order valence-electron chi connectivity index (χ3n) is 5.78. The predicted molar refractivity (Wildman–Crippen MR) is 121 cm³/mol. The van der Waals surface area contributed by atoms with Crippen LogP contribution in [0.3, 0.4) is 0 Å². The number of aryl methyl sites for hydroxylation is 3. The van der Waals surface area contributed by atoms with Crippen molar-refractivity contribution < 1.29 is 18.0 Å². The van der Waals surface area contributed by atoms with Gasteiger partial charge in [0.15, 0.2) is 5.78 Å². The SMILES string of the molecule is Cc1cc(C)c(S(=O)(=O)NCCC(=O)N2CCC(C(=O)c3ccccc3)CC2)c(C)c1. The molecule has 0 saturated carbocycles. The number of carbonyl (C=O) groups excluding carboxylic acids is 2. The molecule has 31 heavy (non-hydrogen) atoms. The van der Waals surface area contributed by atoms with Gasteiger partial charge in [0.2, 0.25) is 15.9 Å². The van der Waals surface area contributed by atoms with Crippen LogP contribution in [0.4, 0.5) is 0 Å². The molecule has 0 spiro atoms. The second-order valence-corrected chi connectivity index (χ2v) is 9.96. The van der Waals surface area contributed by atoms with E-state index in [1.54, 1.807) is 18.7 Å². The molecule has 0 aromatic heterocycles. The van der Waals surface area contributed by atoms with Crippen molar-refractivity contribution in [1.29, 1.82) is 0 Å². The smallest absolute Gasteiger partial charge is 0.241 e. The predicted octanol–water partition coefficient (Wildman–Crippen LogP) is 3.40.